The van der Waals surface area contributed by atoms with Gasteiger partial charge in [0.25, 0.3) is 5.91 Å². The molecule has 1 saturated heterocycles. The van der Waals surface area contributed by atoms with Crippen LogP contribution < -0.4 is 9.64 Å². The van der Waals surface area contributed by atoms with Crippen LogP contribution in [0.15, 0.2) is 48.5 Å². The Morgan fingerprint density at radius 3 is 2.54 bits per heavy atom. The van der Waals surface area contributed by atoms with Crippen molar-refractivity contribution < 1.29 is 9.53 Å². The van der Waals surface area contributed by atoms with E-state index in [1.54, 1.807) is 0 Å². The number of amides is 1. The number of piperazine rings is 1. The number of halogens is 1. The molecule has 1 aliphatic heterocycles. The van der Waals surface area contributed by atoms with Crippen molar-refractivity contribution in [2.75, 3.05) is 37.7 Å². The zero-order chi connectivity index (χ0) is 16.9. The van der Waals surface area contributed by atoms with Crippen LogP contribution in [0, 0.1) is 6.92 Å². The van der Waals surface area contributed by atoms with Gasteiger partial charge in [-0.05, 0) is 42.8 Å². The molecular formula is C19H21ClN2O2. The Morgan fingerprint density at radius 1 is 1.08 bits per heavy atom. The van der Waals surface area contributed by atoms with Gasteiger partial charge in [0.2, 0.25) is 0 Å². The van der Waals surface area contributed by atoms with E-state index in [1.807, 2.05) is 60.4 Å². The number of nitrogens with zero attached hydrogens (tertiary/aromatic N) is 2. The molecule has 126 valence electrons. The fraction of sp³-hybridized carbons (Fsp3) is 0.316. The van der Waals surface area contributed by atoms with Crippen LogP contribution in [0.5, 0.6) is 5.75 Å². The van der Waals surface area contributed by atoms with Crippen molar-refractivity contribution in [3.63, 3.8) is 0 Å². The van der Waals surface area contributed by atoms with E-state index in [0.717, 1.165) is 35.1 Å². The van der Waals surface area contributed by atoms with Gasteiger partial charge in [0.15, 0.2) is 6.61 Å². The molecule has 0 saturated carbocycles. The molecule has 1 heterocycles. The molecule has 2 aromatic carbocycles. The molecule has 0 radical (unpaired) electrons. The van der Waals surface area contributed by atoms with Crippen molar-refractivity contribution in [3.8, 4) is 5.75 Å². The second-order valence-corrected chi connectivity index (χ2v) is 6.39. The highest BCUT2D eigenvalue weighted by atomic mass is 35.5. The molecule has 4 nitrogen and oxygen atoms in total. The minimum absolute atomic E-state index is 0.0299. The monoisotopic (exact) mass is 344 g/mol. The number of hydrogen-bond acceptors (Lipinski definition) is 3. The van der Waals surface area contributed by atoms with Gasteiger partial charge in [-0.15, -0.1) is 0 Å². The van der Waals surface area contributed by atoms with Gasteiger partial charge in [0.1, 0.15) is 5.75 Å². The Bertz CT molecular complexity index is 712. The lowest BCUT2D eigenvalue weighted by Crippen LogP contribution is -2.50. The Labute approximate surface area is 147 Å². The van der Waals surface area contributed by atoms with Gasteiger partial charge in [-0.2, -0.15) is 0 Å². The summed E-state index contributed by atoms with van der Waals surface area (Å²) in [6.45, 7) is 5.09. The number of aryl methyl sites for hydroxylation is 1. The Kier molecular flexibility index (Phi) is 5.26. The molecule has 0 atom stereocenters. The highest BCUT2D eigenvalue weighted by Gasteiger charge is 2.21. The van der Waals surface area contributed by atoms with E-state index in [0.29, 0.717) is 13.1 Å². The summed E-state index contributed by atoms with van der Waals surface area (Å²) in [6.07, 6.45) is 0. The third-order valence-corrected chi connectivity index (χ3v) is 4.39. The normalized spacial score (nSPS) is 14.6. The van der Waals surface area contributed by atoms with Crippen molar-refractivity contribution >= 4 is 23.2 Å². The number of anilines is 1. The van der Waals surface area contributed by atoms with E-state index in [1.165, 1.54) is 0 Å². The number of rotatable bonds is 4. The fourth-order valence-corrected chi connectivity index (χ4v) is 3.01. The van der Waals surface area contributed by atoms with Crippen molar-refractivity contribution in [2.24, 2.45) is 0 Å². The minimum atomic E-state index is 0.0299. The average Bonchev–Trinajstić information content (AvgIpc) is 2.60. The van der Waals surface area contributed by atoms with Crippen LogP contribution in [-0.2, 0) is 4.79 Å². The van der Waals surface area contributed by atoms with Crippen LogP contribution in [0.4, 0.5) is 5.69 Å². The second kappa shape index (κ2) is 7.58. The van der Waals surface area contributed by atoms with Crippen LogP contribution in [0.3, 0.4) is 0 Å². The summed E-state index contributed by atoms with van der Waals surface area (Å²) in [7, 11) is 0. The standard InChI is InChI=1S/C19H21ClN2O2/c1-15-4-2-7-18(12-15)24-14-19(23)22-10-8-21(9-11-22)17-6-3-5-16(20)13-17/h2-7,12-13H,8-11,14H2,1H3. The summed E-state index contributed by atoms with van der Waals surface area (Å²) in [6, 6.07) is 15.6. The molecule has 0 bridgehead atoms. The fourth-order valence-electron chi connectivity index (χ4n) is 2.83. The first-order valence-electron chi connectivity index (χ1n) is 8.09. The molecule has 1 aliphatic rings. The maximum atomic E-state index is 12.3. The molecule has 0 N–H and O–H groups in total. The van der Waals surface area contributed by atoms with Gasteiger partial charge in [-0.3, -0.25) is 4.79 Å². The van der Waals surface area contributed by atoms with Crippen LogP contribution in [-0.4, -0.2) is 43.6 Å². The molecule has 24 heavy (non-hydrogen) atoms. The minimum Gasteiger partial charge on any atom is -0.484 e. The molecule has 3 rings (SSSR count). The lowest BCUT2D eigenvalue weighted by molar-refractivity contribution is -0.133. The first-order valence-corrected chi connectivity index (χ1v) is 8.47. The highest BCUT2D eigenvalue weighted by Crippen LogP contribution is 2.21. The molecular weight excluding hydrogens is 324 g/mol. The first-order chi connectivity index (χ1) is 11.6. The van der Waals surface area contributed by atoms with Crippen LogP contribution in [0.2, 0.25) is 5.02 Å². The first kappa shape index (κ1) is 16.7. The number of ether oxygens (including phenoxy) is 1. The predicted octanol–water partition coefficient (Wildman–Crippen LogP) is 3.38. The zero-order valence-electron chi connectivity index (χ0n) is 13.7. The smallest absolute Gasteiger partial charge is 0.260 e. The lowest BCUT2D eigenvalue weighted by atomic mass is 10.2. The number of carbonyl (C=O) groups excluding carboxylic acids is 1. The SMILES string of the molecule is Cc1cccc(OCC(=O)N2CCN(c3cccc(Cl)c3)CC2)c1. The number of carbonyl (C=O) groups is 1. The molecule has 0 aromatic heterocycles. The van der Waals surface area contributed by atoms with E-state index in [9.17, 15) is 4.79 Å². The van der Waals surface area contributed by atoms with Crippen molar-refractivity contribution in [2.45, 2.75) is 6.92 Å². The maximum Gasteiger partial charge on any atom is 0.260 e. The van der Waals surface area contributed by atoms with E-state index in [4.69, 9.17) is 16.3 Å². The quantitative estimate of drug-likeness (QED) is 0.852. The summed E-state index contributed by atoms with van der Waals surface area (Å²) in [4.78, 5) is 16.4. The zero-order valence-corrected chi connectivity index (χ0v) is 14.5. The topological polar surface area (TPSA) is 32.8 Å². The van der Waals surface area contributed by atoms with Crippen molar-refractivity contribution in [3.05, 3.63) is 59.1 Å². The summed E-state index contributed by atoms with van der Waals surface area (Å²) in [5, 5.41) is 0.734. The van der Waals surface area contributed by atoms with Crippen molar-refractivity contribution in [1.82, 2.24) is 4.90 Å². The Morgan fingerprint density at radius 2 is 1.83 bits per heavy atom. The van der Waals surface area contributed by atoms with Crippen LogP contribution in [0.25, 0.3) is 0 Å². The summed E-state index contributed by atoms with van der Waals surface area (Å²) in [5.41, 5.74) is 2.22. The molecule has 0 unspecified atom stereocenters. The van der Waals surface area contributed by atoms with Gasteiger partial charge >= 0.3 is 0 Å². The molecule has 0 aliphatic carbocycles. The molecule has 5 heteroatoms. The molecule has 2 aromatic rings. The largest absolute Gasteiger partial charge is 0.484 e. The lowest BCUT2D eigenvalue weighted by Gasteiger charge is -2.36. The molecule has 1 amide bonds. The maximum absolute atomic E-state index is 12.3. The average molecular weight is 345 g/mol. The van der Waals surface area contributed by atoms with E-state index < -0.39 is 0 Å². The van der Waals surface area contributed by atoms with E-state index in [2.05, 4.69) is 4.90 Å². The van der Waals surface area contributed by atoms with Gasteiger partial charge < -0.3 is 14.5 Å². The van der Waals surface area contributed by atoms with Gasteiger partial charge in [0.05, 0.1) is 0 Å². The number of hydrogen-bond donors (Lipinski definition) is 0. The second-order valence-electron chi connectivity index (χ2n) is 5.95. The van der Waals surface area contributed by atoms with Crippen LogP contribution >= 0.6 is 11.6 Å². The molecule has 1 fully saturated rings. The van der Waals surface area contributed by atoms with E-state index >= 15 is 0 Å². The van der Waals surface area contributed by atoms with E-state index in [-0.39, 0.29) is 12.5 Å². The van der Waals surface area contributed by atoms with Gasteiger partial charge in [-0.1, -0.05) is 29.8 Å². The van der Waals surface area contributed by atoms with Gasteiger partial charge in [-0.25, -0.2) is 0 Å². The third kappa shape index (κ3) is 4.20. The summed E-state index contributed by atoms with van der Waals surface area (Å²) >= 11 is 6.05. The highest BCUT2D eigenvalue weighted by molar-refractivity contribution is 6.30. The predicted molar refractivity (Wildman–Crippen MR) is 96.9 cm³/mol. The Balaban J connectivity index is 1.50. The number of benzene rings is 2. The van der Waals surface area contributed by atoms with Gasteiger partial charge in [0, 0.05) is 36.9 Å². The summed E-state index contributed by atoms with van der Waals surface area (Å²) in [5.74, 6) is 0.767. The van der Waals surface area contributed by atoms with Crippen LogP contribution in [0.1, 0.15) is 5.56 Å². The summed E-state index contributed by atoms with van der Waals surface area (Å²) < 4.78 is 5.61. The molecule has 0 spiro atoms. The van der Waals surface area contributed by atoms with Crippen molar-refractivity contribution in [1.29, 1.82) is 0 Å². The third-order valence-electron chi connectivity index (χ3n) is 4.16. The Hall–Kier alpha value is -2.20.